The maximum absolute atomic E-state index is 11.8. The van der Waals surface area contributed by atoms with Gasteiger partial charge in [-0.25, -0.2) is 5.43 Å². The maximum atomic E-state index is 11.8. The number of carbonyl (C=O) groups excluding carboxylic acids is 1. The Labute approximate surface area is 138 Å². The third-order valence-corrected chi connectivity index (χ3v) is 3.59. The van der Waals surface area contributed by atoms with Gasteiger partial charge in [0, 0.05) is 18.7 Å². The molecule has 1 N–H and O–H groups in total. The number of hydrogen-bond acceptors (Lipinski definition) is 4. The van der Waals surface area contributed by atoms with E-state index in [2.05, 4.69) is 48.3 Å². The number of hydrogen-bond donors (Lipinski definition) is 1. The molecule has 1 aromatic carbocycles. The summed E-state index contributed by atoms with van der Waals surface area (Å²) in [5, 5.41) is 4.08. The third kappa shape index (κ3) is 5.40. The molecule has 122 valence electrons. The van der Waals surface area contributed by atoms with Crippen LogP contribution in [0.1, 0.15) is 22.3 Å². The zero-order valence-corrected chi connectivity index (χ0v) is 14.2. The van der Waals surface area contributed by atoms with Gasteiger partial charge in [0.1, 0.15) is 0 Å². The number of ether oxygens (including phenoxy) is 1. The van der Waals surface area contributed by atoms with Crippen molar-refractivity contribution in [3.63, 3.8) is 0 Å². The number of hydrazone groups is 1. The Hall–Kier alpha value is -1.43. The van der Waals surface area contributed by atoms with Crippen molar-refractivity contribution in [2.45, 2.75) is 20.8 Å². The van der Waals surface area contributed by atoms with E-state index in [1.807, 2.05) is 0 Å². The largest absolute Gasteiger partial charge is 0.379 e. The summed E-state index contributed by atoms with van der Waals surface area (Å²) in [4.78, 5) is 13.9. The molecular formula is C16H24ClN3O2. The number of nitrogens with zero attached hydrogens (tertiary/aromatic N) is 2. The van der Waals surface area contributed by atoms with Crippen molar-refractivity contribution in [1.29, 1.82) is 0 Å². The molecule has 2 rings (SSSR count). The standard InChI is InChI=1S/C16H23N3O2.ClH/c1-12-8-13(2)15(14(3)9-12)10-17-18-16(20)11-19-4-6-21-7-5-19;/h8-10H,4-7,11H2,1-3H3,(H,18,20);1H/b17-10+;. The molecule has 1 fully saturated rings. The second kappa shape index (κ2) is 8.88. The van der Waals surface area contributed by atoms with E-state index in [1.54, 1.807) is 6.21 Å². The summed E-state index contributed by atoms with van der Waals surface area (Å²) in [6.07, 6.45) is 1.72. The second-order valence-electron chi connectivity index (χ2n) is 5.49. The Kier molecular flexibility index (Phi) is 7.51. The van der Waals surface area contributed by atoms with Crippen LogP contribution in [-0.2, 0) is 9.53 Å². The van der Waals surface area contributed by atoms with Gasteiger partial charge in [-0.1, -0.05) is 17.7 Å². The molecular weight excluding hydrogens is 302 g/mol. The number of rotatable bonds is 4. The van der Waals surface area contributed by atoms with Gasteiger partial charge in [-0.2, -0.15) is 5.10 Å². The van der Waals surface area contributed by atoms with Gasteiger partial charge >= 0.3 is 0 Å². The molecule has 0 radical (unpaired) electrons. The molecule has 0 spiro atoms. The number of morpholine rings is 1. The summed E-state index contributed by atoms with van der Waals surface area (Å²) in [6.45, 7) is 9.53. The highest BCUT2D eigenvalue weighted by Gasteiger charge is 2.13. The van der Waals surface area contributed by atoms with Crippen LogP contribution in [0.15, 0.2) is 17.2 Å². The number of carbonyl (C=O) groups is 1. The summed E-state index contributed by atoms with van der Waals surface area (Å²) in [7, 11) is 0. The van der Waals surface area contributed by atoms with Gasteiger partial charge in [0.05, 0.1) is 26.0 Å². The van der Waals surface area contributed by atoms with Gasteiger partial charge in [-0.05, 0) is 31.9 Å². The Bertz CT molecular complexity index is 517. The quantitative estimate of drug-likeness (QED) is 0.678. The average Bonchev–Trinajstić information content (AvgIpc) is 2.42. The van der Waals surface area contributed by atoms with Crippen molar-refractivity contribution in [2.24, 2.45) is 5.10 Å². The molecule has 1 aromatic rings. The highest BCUT2D eigenvalue weighted by molar-refractivity contribution is 5.86. The van der Waals surface area contributed by atoms with Crippen LogP contribution < -0.4 is 5.43 Å². The Morgan fingerprint density at radius 2 is 1.86 bits per heavy atom. The summed E-state index contributed by atoms with van der Waals surface area (Å²) in [5.74, 6) is -0.0874. The third-order valence-electron chi connectivity index (χ3n) is 3.59. The predicted molar refractivity (Wildman–Crippen MR) is 90.9 cm³/mol. The van der Waals surface area contributed by atoms with E-state index in [0.717, 1.165) is 18.7 Å². The van der Waals surface area contributed by atoms with Crippen LogP contribution in [0.5, 0.6) is 0 Å². The Morgan fingerprint density at radius 3 is 2.45 bits per heavy atom. The van der Waals surface area contributed by atoms with E-state index in [1.165, 1.54) is 16.7 Å². The van der Waals surface area contributed by atoms with Crippen LogP contribution in [0.3, 0.4) is 0 Å². The number of nitrogens with one attached hydrogen (secondary N) is 1. The first-order valence-corrected chi connectivity index (χ1v) is 7.26. The van der Waals surface area contributed by atoms with Crippen LogP contribution in [0, 0.1) is 20.8 Å². The summed E-state index contributed by atoms with van der Waals surface area (Å²) >= 11 is 0. The second-order valence-corrected chi connectivity index (χ2v) is 5.49. The highest BCUT2D eigenvalue weighted by Crippen LogP contribution is 2.13. The summed E-state index contributed by atoms with van der Waals surface area (Å²) < 4.78 is 5.25. The van der Waals surface area contributed by atoms with Crippen LogP contribution in [0.4, 0.5) is 0 Å². The SMILES string of the molecule is Cc1cc(C)c(/C=N/NC(=O)CN2CCOCC2)c(C)c1.Cl. The van der Waals surface area contributed by atoms with Crippen molar-refractivity contribution in [2.75, 3.05) is 32.8 Å². The number of aryl methyl sites for hydroxylation is 3. The first-order valence-electron chi connectivity index (χ1n) is 7.26. The number of benzene rings is 1. The van der Waals surface area contributed by atoms with Gasteiger partial charge in [0.15, 0.2) is 0 Å². The van der Waals surface area contributed by atoms with Gasteiger partial charge in [0.2, 0.25) is 0 Å². The van der Waals surface area contributed by atoms with Gasteiger partial charge in [-0.3, -0.25) is 9.69 Å². The van der Waals surface area contributed by atoms with Crippen LogP contribution in [-0.4, -0.2) is 49.9 Å². The zero-order valence-electron chi connectivity index (χ0n) is 13.4. The van der Waals surface area contributed by atoms with Gasteiger partial charge < -0.3 is 4.74 Å². The lowest BCUT2D eigenvalue weighted by atomic mass is 10.0. The monoisotopic (exact) mass is 325 g/mol. The summed E-state index contributed by atoms with van der Waals surface area (Å²) in [5.41, 5.74) is 7.22. The van der Waals surface area contributed by atoms with E-state index >= 15 is 0 Å². The van der Waals surface area contributed by atoms with Gasteiger partial charge in [0.25, 0.3) is 5.91 Å². The molecule has 1 aliphatic heterocycles. The van der Waals surface area contributed by atoms with Crippen molar-refractivity contribution >= 4 is 24.5 Å². The van der Waals surface area contributed by atoms with Gasteiger partial charge in [-0.15, -0.1) is 12.4 Å². The molecule has 0 unspecified atom stereocenters. The van der Waals surface area contributed by atoms with Crippen molar-refractivity contribution in [3.8, 4) is 0 Å². The molecule has 0 aromatic heterocycles. The lowest BCUT2D eigenvalue weighted by molar-refractivity contribution is -0.123. The fourth-order valence-corrected chi connectivity index (χ4v) is 2.56. The number of amides is 1. The normalized spacial score (nSPS) is 15.6. The highest BCUT2D eigenvalue weighted by atomic mass is 35.5. The average molecular weight is 326 g/mol. The van der Waals surface area contributed by atoms with E-state index in [9.17, 15) is 4.79 Å². The molecule has 0 saturated carbocycles. The molecule has 6 heteroatoms. The lowest BCUT2D eigenvalue weighted by Gasteiger charge is -2.25. The first-order chi connectivity index (χ1) is 10.1. The maximum Gasteiger partial charge on any atom is 0.254 e. The molecule has 1 heterocycles. The minimum atomic E-state index is -0.0874. The van der Waals surface area contributed by atoms with E-state index < -0.39 is 0 Å². The Morgan fingerprint density at radius 1 is 1.27 bits per heavy atom. The minimum absolute atomic E-state index is 0. The molecule has 1 saturated heterocycles. The fourth-order valence-electron chi connectivity index (χ4n) is 2.56. The minimum Gasteiger partial charge on any atom is -0.379 e. The van der Waals surface area contributed by atoms with E-state index in [4.69, 9.17) is 4.74 Å². The first kappa shape index (κ1) is 18.6. The summed E-state index contributed by atoms with van der Waals surface area (Å²) in [6, 6.07) is 4.23. The number of halogens is 1. The smallest absolute Gasteiger partial charge is 0.254 e. The topological polar surface area (TPSA) is 53.9 Å². The molecule has 22 heavy (non-hydrogen) atoms. The van der Waals surface area contributed by atoms with E-state index in [-0.39, 0.29) is 18.3 Å². The molecule has 0 aliphatic carbocycles. The predicted octanol–water partition coefficient (Wildman–Crippen LogP) is 1.82. The fraction of sp³-hybridized carbons (Fsp3) is 0.500. The molecule has 0 bridgehead atoms. The molecule has 1 amide bonds. The van der Waals surface area contributed by atoms with E-state index in [0.29, 0.717) is 19.8 Å². The van der Waals surface area contributed by atoms with Crippen molar-refractivity contribution in [3.05, 3.63) is 34.4 Å². The van der Waals surface area contributed by atoms with Crippen LogP contribution >= 0.6 is 12.4 Å². The van der Waals surface area contributed by atoms with Crippen LogP contribution in [0.25, 0.3) is 0 Å². The van der Waals surface area contributed by atoms with Crippen LogP contribution in [0.2, 0.25) is 0 Å². The lowest BCUT2D eigenvalue weighted by Crippen LogP contribution is -2.42. The molecule has 5 nitrogen and oxygen atoms in total. The Balaban J connectivity index is 0.00000242. The molecule has 1 aliphatic rings. The zero-order chi connectivity index (χ0) is 15.2. The van der Waals surface area contributed by atoms with Crippen molar-refractivity contribution in [1.82, 2.24) is 10.3 Å². The molecule has 0 atom stereocenters. The van der Waals surface area contributed by atoms with Crippen molar-refractivity contribution < 1.29 is 9.53 Å².